The largest absolute Gasteiger partial charge is 0.348 e. The minimum absolute atomic E-state index is 0.127. The fourth-order valence-corrected chi connectivity index (χ4v) is 2.75. The van der Waals surface area contributed by atoms with Gasteiger partial charge < -0.3 is 5.32 Å². The Morgan fingerprint density at radius 3 is 2.59 bits per heavy atom. The van der Waals surface area contributed by atoms with Crippen LogP contribution in [0.15, 0.2) is 18.2 Å². The number of hydrogen-bond acceptors (Lipinski definition) is 1. The van der Waals surface area contributed by atoms with Crippen molar-refractivity contribution < 1.29 is 9.18 Å². The van der Waals surface area contributed by atoms with Crippen LogP contribution >= 0.6 is 22.6 Å². The summed E-state index contributed by atoms with van der Waals surface area (Å²) < 4.78 is 13.8. The van der Waals surface area contributed by atoms with E-state index in [2.05, 4.69) is 41.8 Å². The van der Waals surface area contributed by atoms with Gasteiger partial charge in [-0.3, -0.25) is 4.79 Å². The number of benzene rings is 1. The van der Waals surface area contributed by atoms with Gasteiger partial charge in [0.2, 0.25) is 0 Å². The molecule has 0 bridgehead atoms. The minimum atomic E-state index is -0.312. The van der Waals surface area contributed by atoms with Crippen molar-refractivity contribution in [1.29, 1.82) is 0 Å². The van der Waals surface area contributed by atoms with Gasteiger partial charge in [-0.2, -0.15) is 0 Å². The molecule has 2 nitrogen and oxygen atoms in total. The molecule has 1 unspecified atom stereocenters. The zero-order valence-electron chi connectivity index (χ0n) is 10.3. The Labute approximate surface area is 115 Å². The molecule has 0 fully saturated rings. The van der Waals surface area contributed by atoms with E-state index in [0.717, 1.165) is 4.43 Å². The number of rotatable bonds is 4. The van der Waals surface area contributed by atoms with Crippen LogP contribution in [0, 0.1) is 18.7 Å². The number of alkyl halides is 1. The van der Waals surface area contributed by atoms with Crippen molar-refractivity contribution in [3.05, 3.63) is 35.1 Å². The van der Waals surface area contributed by atoms with Crippen LogP contribution in [-0.4, -0.2) is 16.4 Å². The lowest BCUT2D eigenvalue weighted by Crippen LogP contribution is -2.40. The molecule has 1 aromatic rings. The van der Waals surface area contributed by atoms with E-state index in [4.69, 9.17) is 0 Å². The van der Waals surface area contributed by atoms with E-state index in [1.165, 1.54) is 18.2 Å². The summed E-state index contributed by atoms with van der Waals surface area (Å²) in [6.07, 6.45) is 0. The molecule has 0 saturated heterocycles. The first-order valence-electron chi connectivity index (χ1n) is 5.58. The first kappa shape index (κ1) is 14.4. The van der Waals surface area contributed by atoms with Crippen LogP contribution in [0.1, 0.15) is 29.8 Å². The van der Waals surface area contributed by atoms with Crippen molar-refractivity contribution in [2.75, 3.05) is 4.43 Å². The molecule has 1 amide bonds. The number of hydrogen-bond donors (Lipinski definition) is 1. The van der Waals surface area contributed by atoms with Crippen molar-refractivity contribution in [2.24, 2.45) is 5.92 Å². The van der Waals surface area contributed by atoms with Gasteiger partial charge in [0.15, 0.2) is 0 Å². The lowest BCUT2D eigenvalue weighted by molar-refractivity contribution is 0.0931. The summed E-state index contributed by atoms with van der Waals surface area (Å²) in [7, 11) is 0. The zero-order valence-corrected chi connectivity index (χ0v) is 12.4. The van der Waals surface area contributed by atoms with Crippen molar-refractivity contribution in [1.82, 2.24) is 5.32 Å². The predicted octanol–water partition coefficient (Wildman–Crippen LogP) is 3.32. The second-order valence-corrected chi connectivity index (χ2v) is 5.32. The van der Waals surface area contributed by atoms with E-state index in [1.54, 1.807) is 6.92 Å². The van der Waals surface area contributed by atoms with Gasteiger partial charge in [0, 0.05) is 16.0 Å². The summed E-state index contributed by atoms with van der Waals surface area (Å²) in [5.74, 6) is -0.0529. The topological polar surface area (TPSA) is 29.1 Å². The Balaban J connectivity index is 2.82. The van der Waals surface area contributed by atoms with Crippen LogP contribution in [0.2, 0.25) is 0 Å². The zero-order chi connectivity index (χ0) is 13.0. The minimum Gasteiger partial charge on any atom is -0.348 e. The normalized spacial score (nSPS) is 12.6. The Morgan fingerprint density at radius 1 is 1.47 bits per heavy atom. The maximum Gasteiger partial charge on any atom is 0.251 e. The highest BCUT2D eigenvalue weighted by atomic mass is 127. The Kier molecular flexibility index (Phi) is 5.36. The molecule has 1 N–H and O–H groups in total. The van der Waals surface area contributed by atoms with Gasteiger partial charge >= 0.3 is 0 Å². The molecule has 0 radical (unpaired) electrons. The number of halogens is 2. The van der Waals surface area contributed by atoms with Crippen LogP contribution in [0.3, 0.4) is 0 Å². The van der Waals surface area contributed by atoms with Crippen LogP contribution in [0.4, 0.5) is 4.39 Å². The third kappa shape index (κ3) is 3.94. The van der Waals surface area contributed by atoms with Crippen LogP contribution in [0.5, 0.6) is 0 Å². The standard InChI is InChI=1S/C13H17FINO/c1-8(2)12(7-15)16-13(17)11-5-4-10(14)6-9(11)3/h4-6,8,12H,7H2,1-3H3,(H,16,17). The molecule has 1 aromatic carbocycles. The number of carbonyl (C=O) groups is 1. The Bertz CT molecular complexity index is 406. The highest BCUT2D eigenvalue weighted by Crippen LogP contribution is 2.12. The molecule has 0 aliphatic rings. The van der Waals surface area contributed by atoms with E-state index < -0.39 is 0 Å². The molecule has 0 aliphatic carbocycles. The van der Waals surface area contributed by atoms with Crippen molar-refractivity contribution >= 4 is 28.5 Å². The van der Waals surface area contributed by atoms with E-state index in [-0.39, 0.29) is 17.8 Å². The highest BCUT2D eigenvalue weighted by Gasteiger charge is 2.17. The van der Waals surface area contributed by atoms with Gasteiger partial charge in [-0.15, -0.1) is 0 Å². The molecule has 0 aliphatic heterocycles. The molecule has 0 heterocycles. The highest BCUT2D eigenvalue weighted by molar-refractivity contribution is 14.1. The first-order valence-corrected chi connectivity index (χ1v) is 7.11. The van der Waals surface area contributed by atoms with Crippen molar-refractivity contribution in [2.45, 2.75) is 26.8 Å². The predicted molar refractivity (Wildman–Crippen MR) is 76.1 cm³/mol. The number of nitrogens with one attached hydrogen (secondary N) is 1. The third-order valence-corrected chi connectivity index (χ3v) is 3.67. The van der Waals surface area contributed by atoms with Gasteiger partial charge in [-0.1, -0.05) is 36.4 Å². The number of aryl methyl sites for hydroxylation is 1. The van der Waals surface area contributed by atoms with Crippen LogP contribution in [0.25, 0.3) is 0 Å². The Morgan fingerprint density at radius 2 is 2.12 bits per heavy atom. The summed E-state index contributed by atoms with van der Waals surface area (Å²) in [5, 5.41) is 2.97. The van der Waals surface area contributed by atoms with E-state index >= 15 is 0 Å². The SMILES string of the molecule is Cc1cc(F)ccc1C(=O)NC(CI)C(C)C. The smallest absolute Gasteiger partial charge is 0.251 e. The first-order chi connectivity index (χ1) is 7.95. The average molecular weight is 349 g/mol. The van der Waals surface area contributed by atoms with Gasteiger partial charge in [0.1, 0.15) is 5.82 Å². The molecule has 1 rings (SSSR count). The summed E-state index contributed by atoms with van der Waals surface area (Å²) in [4.78, 5) is 12.0. The lowest BCUT2D eigenvalue weighted by atomic mass is 10.0. The van der Waals surface area contributed by atoms with Gasteiger partial charge in [-0.05, 0) is 36.6 Å². The Hall–Kier alpha value is -0.650. The van der Waals surface area contributed by atoms with Crippen molar-refractivity contribution in [3.8, 4) is 0 Å². The van der Waals surface area contributed by atoms with Crippen molar-refractivity contribution in [3.63, 3.8) is 0 Å². The summed E-state index contributed by atoms with van der Waals surface area (Å²) in [6, 6.07) is 4.37. The average Bonchev–Trinajstić information content (AvgIpc) is 2.24. The molecular weight excluding hydrogens is 332 g/mol. The van der Waals surface area contributed by atoms with E-state index in [9.17, 15) is 9.18 Å². The summed E-state index contributed by atoms with van der Waals surface area (Å²) in [6.45, 7) is 5.88. The maximum atomic E-state index is 12.9. The summed E-state index contributed by atoms with van der Waals surface area (Å²) in [5.41, 5.74) is 1.21. The van der Waals surface area contributed by atoms with E-state index in [0.29, 0.717) is 17.0 Å². The summed E-state index contributed by atoms with van der Waals surface area (Å²) >= 11 is 2.26. The quantitative estimate of drug-likeness (QED) is 0.656. The van der Waals surface area contributed by atoms with Gasteiger partial charge in [0.05, 0.1) is 0 Å². The fourth-order valence-electron chi connectivity index (χ4n) is 1.51. The molecule has 17 heavy (non-hydrogen) atoms. The molecule has 4 heteroatoms. The molecular formula is C13H17FINO. The molecule has 0 saturated carbocycles. The number of amides is 1. The molecule has 0 spiro atoms. The molecule has 1 atom stereocenters. The maximum absolute atomic E-state index is 12.9. The lowest BCUT2D eigenvalue weighted by Gasteiger charge is -2.20. The second kappa shape index (κ2) is 6.33. The monoisotopic (exact) mass is 349 g/mol. The van der Waals surface area contributed by atoms with Gasteiger partial charge in [-0.25, -0.2) is 4.39 Å². The third-order valence-electron chi connectivity index (χ3n) is 2.72. The molecule has 0 aromatic heterocycles. The van der Waals surface area contributed by atoms with Crippen LogP contribution in [-0.2, 0) is 0 Å². The van der Waals surface area contributed by atoms with Gasteiger partial charge in [0.25, 0.3) is 5.91 Å². The molecule has 94 valence electrons. The van der Waals surface area contributed by atoms with Crippen LogP contribution < -0.4 is 5.32 Å². The van der Waals surface area contributed by atoms with E-state index in [1.807, 2.05) is 0 Å². The number of carbonyl (C=O) groups excluding carboxylic acids is 1. The fraction of sp³-hybridized carbons (Fsp3) is 0.462. The second-order valence-electron chi connectivity index (χ2n) is 4.44.